The average molecular weight is 511 g/mol. The Kier molecular flexibility index (Phi) is 9.52. The van der Waals surface area contributed by atoms with Gasteiger partial charge in [-0.3, -0.25) is 9.59 Å². The fourth-order valence-electron chi connectivity index (χ4n) is 4.21. The molecule has 9 heteroatoms. The highest BCUT2D eigenvalue weighted by Gasteiger charge is 2.34. The van der Waals surface area contributed by atoms with Gasteiger partial charge in [0.15, 0.2) is 0 Å². The van der Waals surface area contributed by atoms with Crippen molar-refractivity contribution >= 4 is 23.5 Å². The summed E-state index contributed by atoms with van der Waals surface area (Å²) >= 11 is 0. The fraction of sp³-hybridized carbons (Fsp3) is 0.464. The first kappa shape index (κ1) is 28.0. The number of anilines is 1. The molecule has 1 aliphatic heterocycles. The third kappa shape index (κ3) is 7.45. The largest absolute Gasteiger partial charge is 0.487 e. The van der Waals surface area contributed by atoms with Crippen molar-refractivity contribution < 1.29 is 24.2 Å². The molecule has 1 heterocycles. The van der Waals surface area contributed by atoms with Crippen LogP contribution in [0.15, 0.2) is 48.5 Å². The zero-order chi connectivity index (χ0) is 27.1. The monoisotopic (exact) mass is 510 g/mol. The highest BCUT2D eigenvalue weighted by Crippen LogP contribution is 2.30. The SMILES string of the molecule is CC(C)NC(=O)N(C)C[C@@H]1Oc2ccc(NC(=O)Cc3ccccc3)cc2C(=O)N([C@H](C)CO)C[C@@H]1C. The zero-order valence-corrected chi connectivity index (χ0v) is 22.2. The maximum absolute atomic E-state index is 13.6. The van der Waals surface area contributed by atoms with Gasteiger partial charge >= 0.3 is 6.03 Å². The maximum atomic E-state index is 13.6. The molecule has 9 nitrogen and oxygen atoms in total. The van der Waals surface area contributed by atoms with Gasteiger partial charge in [-0.2, -0.15) is 0 Å². The number of ether oxygens (including phenoxy) is 1. The number of carbonyl (C=O) groups excluding carboxylic acids is 3. The average Bonchev–Trinajstić information content (AvgIpc) is 2.86. The summed E-state index contributed by atoms with van der Waals surface area (Å²) in [5.41, 5.74) is 1.66. The summed E-state index contributed by atoms with van der Waals surface area (Å²) in [6.07, 6.45) is -0.192. The number of rotatable bonds is 8. The number of hydrogen-bond donors (Lipinski definition) is 3. The van der Waals surface area contributed by atoms with Crippen molar-refractivity contribution in [2.75, 3.05) is 32.1 Å². The van der Waals surface area contributed by atoms with E-state index in [9.17, 15) is 19.5 Å². The summed E-state index contributed by atoms with van der Waals surface area (Å²) in [6, 6.07) is 13.8. The highest BCUT2D eigenvalue weighted by atomic mass is 16.5. The lowest BCUT2D eigenvalue weighted by molar-refractivity contribution is -0.115. The minimum Gasteiger partial charge on any atom is -0.487 e. The molecule has 0 saturated heterocycles. The highest BCUT2D eigenvalue weighted by molar-refractivity contribution is 6.00. The van der Waals surface area contributed by atoms with Crippen LogP contribution < -0.4 is 15.4 Å². The number of nitrogens with one attached hydrogen (secondary N) is 2. The quantitative estimate of drug-likeness (QED) is 0.505. The van der Waals surface area contributed by atoms with Crippen LogP contribution in [0.25, 0.3) is 0 Å². The summed E-state index contributed by atoms with van der Waals surface area (Å²) in [5.74, 6) is -0.233. The molecule has 37 heavy (non-hydrogen) atoms. The van der Waals surface area contributed by atoms with Crippen molar-refractivity contribution in [3.63, 3.8) is 0 Å². The molecular formula is C28H38N4O5. The molecule has 0 bridgehead atoms. The molecular weight excluding hydrogens is 472 g/mol. The van der Waals surface area contributed by atoms with E-state index in [0.29, 0.717) is 30.1 Å². The molecule has 0 radical (unpaired) electrons. The molecule has 3 N–H and O–H groups in total. The maximum Gasteiger partial charge on any atom is 0.317 e. The number of likely N-dealkylation sites (N-methyl/N-ethyl adjacent to an activating group) is 1. The molecule has 2 aromatic rings. The number of benzene rings is 2. The Balaban J connectivity index is 1.87. The van der Waals surface area contributed by atoms with E-state index in [-0.39, 0.29) is 42.8 Å². The molecule has 2 aromatic carbocycles. The van der Waals surface area contributed by atoms with Crippen LogP contribution in [0.5, 0.6) is 5.75 Å². The number of nitrogens with zero attached hydrogens (tertiary/aromatic N) is 2. The van der Waals surface area contributed by atoms with E-state index in [1.807, 2.05) is 51.1 Å². The van der Waals surface area contributed by atoms with Crippen molar-refractivity contribution in [2.45, 2.75) is 52.3 Å². The Bertz CT molecular complexity index is 1090. The molecule has 0 fully saturated rings. The normalized spacial score (nSPS) is 18.2. The van der Waals surface area contributed by atoms with Gasteiger partial charge in [-0.15, -0.1) is 0 Å². The molecule has 0 spiro atoms. The Morgan fingerprint density at radius 2 is 1.86 bits per heavy atom. The van der Waals surface area contributed by atoms with E-state index in [2.05, 4.69) is 10.6 Å². The molecule has 0 aliphatic carbocycles. The predicted molar refractivity (Wildman–Crippen MR) is 143 cm³/mol. The van der Waals surface area contributed by atoms with Crippen molar-refractivity contribution in [3.8, 4) is 5.75 Å². The summed E-state index contributed by atoms with van der Waals surface area (Å²) < 4.78 is 6.32. The van der Waals surface area contributed by atoms with Gasteiger partial charge in [0.2, 0.25) is 5.91 Å². The van der Waals surface area contributed by atoms with Crippen molar-refractivity contribution in [1.29, 1.82) is 0 Å². The third-order valence-corrected chi connectivity index (χ3v) is 6.37. The number of carbonyl (C=O) groups is 3. The Hall–Kier alpha value is -3.59. The van der Waals surface area contributed by atoms with E-state index >= 15 is 0 Å². The van der Waals surface area contributed by atoms with Crippen LogP contribution in [0.3, 0.4) is 0 Å². The molecule has 3 atom stereocenters. The topological polar surface area (TPSA) is 111 Å². The van der Waals surface area contributed by atoms with Gasteiger partial charge in [-0.25, -0.2) is 4.79 Å². The standard InChI is InChI=1S/C28H38N4O5/c1-18(2)29-28(36)31(5)16-25-19(3)15-32(20(4)17-33)27(35)23-14-22(11-12-24(23)37-25)30-26(34)13-21-9-7-6-8-10-21/h6-12,14,18-20,25,33H,13,15-17H2,1-5H3,(H,29,36)(H,30,34)/t19-,20+,25-/m0/s1. The van der Waals surface area contributed by atoms with Crippen LogP contribution in [0.2, 0.25) is 0 Å². The second-order valence-corrected chi connectivity index (χ2v) is 10.0. The van der Waals surface area contributed by atoms with Crippen molar-refractivity contribution in [1.82, 2.24) is 15.1 Å². The van der Waals surface area contributed by atoms with Crippen molar-refractivity contribution in [2.24, 2.45) is 5.92 Å². The predicted octanol–water partition coefficient (Wildman–Crippen LogP) is 3.14. The molecule has 3 rings (SSSR count). The second kappa shape index (κ2) is 12.6. The van der Waals surface area contributed by atoms with Crippen LogP contribution in [0.1, 0.15) is 43.6 Å². The molecule has 0 unspecified atom stereocenters. The minimum atomic E-state index is -0.417. The Labute approximate surface area is 218 Å². The van der Waals surface area contributed by atoms with E-state index in [1.165, 1.54) is 0 Å². The van der Waals surface area contributed by atoms with Crippen LogP contribution in [0.4, 0.5) is 10.5 Å². The zero-order valence-electron chi connectivity index (χ0n) is 22.2. The number of aliphatic hydroxyl groups excluding tert-OH is 1. The number of hydrogen-bond acceptors (Lipinski definition) is 5. The van der Waals surface area contributed by atoms with Gasteiger partial charge in [0, 0.05) is 31.2 Å². The van der Waals surface area contributed by atoms with E-state index in [4.69, 9.17) is 4.74 Å². The molecule has 0 saturated carbocycles. The van der Waals surface area contributed by atoms with Crippen LogP contribution in [-0.2, 0) is 11.2 Å². The van der Waals surface area contributed by atoms with Gasteiger partial charge in [0.05, 0.1) is 31.2 Å². The fourth-order valence-corrected chi connectivity index (χ4v) is 4.21. The van der Waals surface area contributed by atoms with E-state index < -0.39 is 12.1 Å². The van der Waals surface area contributed by atoms with E-state index in [1.54, 1.807) is 42.0 Å². The number of aliphatic hydroxyl groups is 1. The van der Waals surface area contributed by atoms with Crippen LogP contribution in [0, 0.1) is 5.92 Å². The molecule has 1 aliphatic rings. The van der Waals surface area contributed by atoms with Crippen molar-refractivity contribution in [3.05, 3.63) is 59.7 Å². The number of urea groups is 1. The Morgan fingerprint density at radius 1 is 1.16 bits per heavy atom. The van der Waals surface area contributed by atoms with Gasteiger partial charge < -0.3 is 30.3 Å². The summed E-state index contributed by atoms with van der Waals surface area (Å²) in [5, 5.41) is 15.6. The van der Waals surface area contributed by atoms with Crippen LogP contribution >= 0.6 is 0 Å². The lowest BCUT2D eigenvalue weighted by Gasteiger charge is -2.38. The Morgan fingerprint density at radius 3 is 2.51 bits per heavy atom. The number of fused-ring (bicyclic) bond motifs is 1. The smallest absolute Gasteiger partial charge is 0.317 e. The molecule has 0 aromatic heterocycles. The molecule has 4 amide bonds. The van der Waals surface area contributed by atoms with Gasteiger partial charge in [-0.1, -0.05) is 37.3 Å². The first-order chi connectivity index (χ1) is 17.6. The summed E-state index contributed by atoms with van der Waals surface area (Å²) in [6.45, 7) is 8.00. The lowest BCUT2D eigenvalue weighted by Crippen LogP contribution is -2.51. The van der Waals surface area contributed by atoms with Gasteiger partial charge in [0.1, 0.15) is 11.9 Å². The number of amides is 4. The van der Waals surface area contributed by atoms with Gasteiger partial charge in [0.25, 0.3) is 5.91 Å². The lowest BCUT2D eigenvalue weighted by atomic mass is 9.99. The third-order valence-electron chi connectivity index (χ3n) is 6.37. The summed E-state index contributed by atoms with van der Waals surface area (Å²) in [7, 11) is 1.71. The molecule has 200 valence electrons. The first-order valence-corrected chi connectivity index (χ1v) is 12.7. The van der Waals surface area contributed by atoms with Crippen LogP contribution in [-0.4, -0.2) is 77.7 Å². The second-order valence-electron chi connectivity index (χ2n) is 10.0. The first-order valence-electron chi connectivity index (χ1n) is 12.7. The van der Waals surface area contributed by atoms with E-state index in [0.717, 1.165) is 5.56 Å². The van der Waals surface area contributed by atoms with Gasteiger partial charge in [-0.05, 0) is 44.5 Å². The minimum absolute atomic E-state index is 0.000362. The summed E-state index contributed by atoms with van der Waals surface area (Å²) in [4.78, 5) is 41.9.